The van der Waals surface area contributed by atoms with Gasteiger partial charge in [-0.1, -0.05) is 37.8 Å². The SMILES string of the molecule is CC(C)C[C@H](C(=O)[O-])N1C(=O)C(=Cc2cccn2C)SC1=S. The highest BCUT2D eigenvalue weighted by Gasteiger charge is 2.38. The number of carboxylic acids is 1. The van der Waals surface area contributed by atoms with Gasteiger partial charge in [0.15, 0.2) is 0 Å². The van der Waals surface area contributed by atoms with Crippen molar-refractivity contribution in [1.82, 2.24) is 9.47 Å². The minimum Gasteiger partial charge on any atom is -0.548 e. The molecule has 2 heterocycles. The number of aromatic nitrogens is 1. The van der Waals surface area contributed by atoms with Crippen LogP contribution in [0.15, 0.2) is 23.2 Å². The fourth-order valence-electron chi connectivity index (χ4n) is 2.26. The number of nitrogens with zero attached hydrogens (tertiary/aromatic N) is 2. The minimum atomic E-state index is -1.27. The van der Waals surface area contributed by atoms with Crippen LogP contribution >= 0.6 is 24.0 Å². The van der Waals surface area contributed by atoms with E-state index in [0.29, 0.717) is 11.3 Å². The number of hydrogen-bond acceptors (Lipinski definition) is 5. The summed E-state index contributed by atoms with van der Waals surface area (Å²) in [5.41, 5.74) is 0.856. The van der Waals surface area contributed by atoms with Crippen molar-refractivity contribution < 1.29 is 14.7 Å². The van der Waals surface area contributed by atoms with Crippen LogP contribution in [0.25, 0.3) is 6.08 Å². The summed E-state index contributed by atoms with van der Waals surface area (Å²) in [7, 11) is 1.87. The van der Waals surface area contributed by atoms with Crippen molar-refractivity contribution >= 4 is 46.3 Å². The van der Waals surface area contributed by atoms with E-state index >= 15 is 0 Å². The molecule has 1 fully saturated rings. The molecule has 0 aliphatic carbocycles. The highest BCUT2D eigenvalue weighted by molar-refractivity contribution is 8.26. The molecule has 0 radical (unpaired) electrons. The van der Waals surface area contributed by atoms with Crippen molar-refractivity contribution in [2.24, 2.45) is 13.0 Å². The Morgan fingerprint density at radius 1 is 1.50 bits per heavy atom. The van der Waals surface area contributed by atoms with Gasteiger partial charge in [-0.15, -0.1) is 0 Å². The van der Waals surface area contributed by atoms with Crippen molar-refractivity contribution in [3.63, 3.8) is 0 Å². The Balaban J connectivity index is 2.30. The molecule has 1 aliphatic rings. The molecule has 5 nitrogen and oxygen atoms in total. The van der Waals surface area contributed by atoms with E-state index in [9.17, 15) is 14.7 Å². The Morgan fingerprint density at radius 3 is 2.68 bits per heavy atom. The van der Waals surface area contributed by atoms with Gasteiger partial charge in [0.1, 0.15) is 4.32 Å². The van der Waals surface area contributed by atoms with Crippen molar-refractivity contribution in [2.45, 2.75) is 26.3 Å². The van der Waals surface area contributed by atoms with Crippen LogP contribution in [-0.4, -0.2) is 31.7 Å². The molecule has 118 valence electrons. The Hall–Kier alpha value is -1.60. The number of aryl methyl sites for hydroxylation is 1. The van der Waals surface area contributed by atoms with E-state index < -0.39 is 12.0 Å². The molecular formula is C15H17N2O3S2-. The van der Waals surface area contributed by atoms with Crippen LogP contribution in [0.5, 0.6) is 0 Å². The first-order valence-corrected chi connectivity index (χ1v) is 8.13. The number of hydrogen-bond donors (Lipinski definition) is 0. The van der Waals surface area contributed by atoms with Gasteiger partial charge in [0.2, 0.25) is 0 Å². The standard InChI is InChI=1S/C15H18N2O3S2/c1-9(2)7-11(14(19)20)17-13(18)12(22-15(17)21)8-10-5-4-6-16(10)3/h4-6,8-9,11H,7H2,1-3H3,(H,19,20)/p-1/t11-/m1/s1. The van der Waals surface area contributed by atoms with Gasteiger partial charge in [0.25, 0.3) is 5.91 Å². The largest absolute Gasteiger partial charge is 0.548 e. The summed E-state index contributed by atoms with van der Waals surface area (Å²) in [5, 5.41) is 11.4. The average molecular weight is 337 g/mol. The summed E-state index contributed by atoms with van der Waals surface area (Å²) in [6, 6.07) is 2.72. The number of thioether (sulfide) groups is 1. The number of thiocarbonyl (C=S) groups is 1. The molecule has 22 heavy (non-hydrogen) atoms. The predicted octanol–water partition coefficient (Wildman–Crippen LogP) is 1.39. The third kappa shape index (κ3) is 3.41. The molecule has 2 rings (SSSR count). The summed E-state index contributed by atoms with van der Waals surface area (Å²) in [5.74, 6) is -1.53. The van der Waals surface area contributed by atoms with E-state index in [1.807, 2.05) is 43.8 Å². The smallest absolute Gasteiger partial charge is 0.266 e. The highest BCUT2D eigenvalue weighted by atomic mass is 32.2. The molecule has 1 atom stereocenters. The van der Waals surface area contributed by atoms with Crippen LogP contribution in [0.3, 0.4) is 0 Å². The Labute approximate surface area is 139 Å². The monoisotopic (exact) mass is 337 g/mol. The first kappa shape index (κ1) is 16.8. The molecule has 0 spiro atoms. The maximum Gasteiger partial charge on any atom is 0.266 e. The fraction of sp³-hybridized carbons (Fsp3) is 0.400. The molecule has 1 aromatic heterocycles. The molecule has 1 aromatic rings. The molecule has 7 heteroatoms. The van der Waals surface area contributed by atoms with Crippen LogP contribution in [0.4, 0.5) is 0 Å². The van der Waals surface area contributed by atoms with Gasteiger partial charge in [0, 0.05) is 18.9 Å². The Kier molecular flexibility index (Phi) is 5.08. The maximum absolute atomic E-state index is 12.5. The van der Waals surface area contributed by atoms with Gasteiger partial charge in [0.05, 0.1) is 16.9 Å². The lowest BCUT2D eigenvalue weighted by Crippen LogP contribution is -2.50. The third-order valence-electron chi connectivity index (χ3n) is 3.36. The number of rotatable bonds is 5. The molecular weight excluding hydrogens is 320 g/mol. The minimum absolute atomic E-state index is 0.115. The van der Waals surface area contributed by atoms with Crippen LogP contribution in [0.1, 0.15) is 26.0 Å². The first-order valence-electron chi connectivity index (χ1n) is 6.90. The van der Waals surface area contributed by atoms with E-state index in [0.717, 1.165) is 17.5 Å². The van der Waals surface area contributed by atoms with Crippen molar-refractivity contribution in [3.8, 4) is 0 Å². The van der Waals surface area contributed by atoms with E-state index in [1.54, 1.807) is 6.08 Å². The van der Waals surface area contributed by atoms with Crippen LogP contribution < -0.4 is 5.11 Å². The van der Waals surface area contributed by atoms with Crippen molar-refractivity contribution in [2.75, 3.05) is 0 Å². The van der Waals surface area contributed by atoms with E-state index in [-0.39, 0.29) is 16.1 Å². The summed E-state index contributed by atoms with van der Waals surface area (Å²) < 4.78 is 2.14. The lowest BCUT2D eigenvalue weighted by molar-refractivity contribution is -0.310. The van der Waals surface area contributed by atoms with E-state index in [1.165, 1.54) is 4.90 Å². The van der Waals surface area contributed by atoms with Gasteiger partial charge < -0.3 is 14.5 Å². The average Bonchev–Trinajstić information content (AvgIpc) is 2.93. The van der Waals surface area contributed by atoms with E-state index in [2.05, 4.69) is 0 Å². The van der Waals surface area contributed by atoms with Gasteiger partial charge in [-0.3, -0.25) is 9.69 Å². The number of amides is 1. The summed E-state index contributed by atoms with van der Waals surface area (Å²) in [6.45, 7) is 3.79. The normalized spacial score (nSPS) is 18.5. The third-order valence-corrected chi connectivity index (χ3v) is 4.70. The zero-order chi connectivity index (χ0) is 16.4. The van der Waals surface area contributed by atoms with E-state index in [4.69, 9.17) is 12.2 Å². The van der Waals surface area contributed by atoms with Crippen LogP contribution in [-0.2, 0) is 16.6 Å². The topological polar surface area (TPSA) is 65.4 Å². The lowest BCUT2D eigenvalue weighted by atomic mass is 10.0. The number of carboxylic acid groups (broad SMARTS) is 1. The Bertz CT molecular complexity index is 649. The molecule has 0 unspecified atom stereocenters. The fourth-order valence-corrected chi connectivity index (χ4v) is 3.60. The summed E-state index contributed by atoms with van der Waals surface area (Å²) >= 11 is 6.33. The van der Waals surface area contributed by atoms with Gasteiger partial charge in [-0.25, -0.2) is 0 Å². The maximum atomic E-state index is 12.5. The predicted molar refractivity (Wildman–Crippen MR) is 88.7 cm³/mol. The lowest BCUT2D eigenvalue weighted by Gasteiger charge is -2.28. The Morgan fingerprint density at radius 2 is 2.18 bits per heavy atom. The number of carbonyl (C=O) groups excluding carboxylic acids is 2. The van der Waals surface area contributed by atoms with Crippen LogP contribution in [0.2, 0.25) is 0 Å². The molecule has 1 aliphatic heterocycles. The van der Waals surface area contributed by atoms with Crippen molar-refractivity contribution in [3.05, 3.63) is 28.9 Å². The quantitative estimate of drug-likeness (QED) is 0.600. The molecule has 1 amide bonds. The second-order valence-corrected chi connectivity index (χ2v) is 7.24. The van der Waals surface area contributed by atoms with Gasteiger partial charge >= 0.3 is 0 Å². The molecule has 0 bridgehead atoms. The molecule has 1 saturated heterocycles. The molecule has 0 N–H and O–H groups in total. The number of aliphatic carboxylic acids is 1. The molecule has 0 saturated carbocycles. The second kappa shape index (κ2) is 6.66. The van der Waals surface area contributed by atoms with Crippen LogP contribution in [0, 0.1) is 5.92 Å². The zero-order valence-corrected chi connectivity index (χ0v) is 14.2. The zero-order valence-electron chi connectivity index (χ0n) is 12.6. The molecule has 0 aromatic carbocycles. The van der Waals surface area contributed by atoms with Crippen molar-refractivity contribution in [1.29, 1.82) is 0 Å². The van der Waals surface area contributed by atoms with Gasteiger partial charge in [-0.05, 0) is 30.5 Å². The highest BCUT2D eigenvalue weighted by Crippen LogP contribution is 2.35. The first-order chi connectivity index (χ1) is 10.3. The second-order valence-electron chi connectivity index (χ2n) is 5.56. The summed E-state index contributed by atoms with van der Waals surface area (Å²) in [4.78, 5) is 25.5. The summed E-state index contributed by atoms with van der Waals surface area (Å²) in [6.07, 6.45) is 3.91. The van der Waals surface area contributed by atoms with Gasteiger partial charge in [-0.2, -0.15) is 0 Å². The number of carbonyl (C=O) groups is 2.